The fraction of sp³-hybridized carbons (Fsp3) is 0.364. The van der Waals surface area contributed by atoms with Gasteiger partial charge >= 0.3 is 0 Å². The zero-order valence-corrected chi connectivity index (χ0v) is 8.66. The molecule has 16 heavy (non-hydrogen) atoms. The molecule has 1 fully saturated rings. The highest BCUT2D eigenvalue weighted by Crippen LogP contribution is 2.20. The van der Waals surface area contributed by atoms with E-state index in [-0.39, 0.29) is 5.82 Å². The van der Waals surface area contributed by atoms with Crippen LogP contribution in [0.5, 0.6) is 0 Å². The molecular weight excluding hydrogens is 209 g/mol. The molecule has 4 nitrogen and oxygen atoms in total. The lowest BCUT2D eigenvalue weighted by molar-refractivity contribution is 0.597. The van der Waals surface area contributed by atoms with Crippen molar-refractivity contribution in [2.45, 2.75) is 12.5 Å². The van der Waals surface area contributed by atoms with Crippen LogP contribution >= 0.6 is 0 Å². The van der Waals surface area contributed by atoms with Crippen molar-refractivity contribution in [3.8, 4) is 0 Å². The van der Waals surface area contributed by atoms with E-state index in [2.05, 4.69) is 15.6 Å². The summed E-state index contributed by atoms with van der Waals surface area (Å²) in [5.74, 6) is -0.296. The third-order valence-corrected chi connectivity index (χ3v) is 2.74. The third-order valence-electron chi connectivity index (χ3n) is 2.74. The second kappa shape index (κ2) is 3.75. The molecule has 3 rings (SSSR count). The summed E-state index contributed by atoms with van der Waals surface area (Å²) in [7, 11) is 0. The average Bonchev–Trinajstić information content (AvgIpc) is 2.86. The zero-order valence-electron chi connectivity index (χ0n) is 8.66. The van der Waals surface area contributed by atoms with Crippen LogP contribution in [-0.2, 0) is 0 Å². The molecule has 1 aliphatic rings. The molecular formula is C11H12FN3O. The van der Waals surface area contributed by atoms with E-state index in [0.717, 1.165) is 19.5 Å². The summed E-state index contributed by atoms with van der Waals surface area (Å²) >= 11 is 0. The fourth-order valence-corrected chi connectivity index (χ4v) is 1.91. The first-order valence-electron chi connectivity index (χ1n) is 5.34. The maximum absolute atomic E-state index is 12.9. The monoisotopic (exact) mass is 221 g/mol. The molecule has 0 amide bonds. The number of anilines is 1. The molecule has 0 aliphatic carbocycles. The Morgan fingerprint density at radius 2 is 2.44 bits per heavy atom. The molecule has 2 aromatic rings. The molecule has 1 aliphatic heterocycles. The van der Waals surface area contributed by atoms with E-state index in [1.807, 2.05) is 0 Å². The van der Waals surface area contributed by atoms with Crippen molar-refractivity contribution in [3.63, 3.8) is 0 Å². The Balaban J connectivity index is 1.86. The summed E-state index contributed by atoms with van der Waals surface area (Å²) in [6.07, 6.45) is 1.05. The van der Waals surface area contributed by atoms with Gasteiger partial charge in [-0.25, -0.2) is 4.39 Å². The van der Waals surface area contributed by atoms with Gasteiger partial charge in [0.05, 0.1) is 0 Å². The van der Waals surface area contributed by atoms with Crippen LogP contribution in [0.1, 0.15) is 6.42 Å². The van der Waals surface area contributed by atoms with Gasteiger partial charge in [0.1, 0.15) is 11.3 Å². The van der Waals surface area contributed by atoms with Crippen molar-refractivity contribution in [1.82, 2.24) is 10.3 Å². The van der Waals surface area contributed by atoms with Crippen LogP contribution in [-0.4, -0.2) is 24.1 Å². The van der Waals surface area contributed by atoms with Gasteiger partial charge in [-0.15, -0.1) is 0 Å². The van der Waals surface area contributed by atoms with Gasteiger partial charge in [-0.2, -0.15) is 4.98 Å². The lowest BCUT2D eigenvalue weighted by Gasteiger charge is -2.07. The Labute approximate surface area is 91.8 Å². The van der Waals surface area contributed by atoms with Gasteiger partial charge < -0.3 is 15.1 Å². The van der Waals surface area contributed by atoms with Gasteiger partial charge in [0.2, 0.25) is 0 Å². The fourth-order valence-electron chi connectivity index (χ4n) is 1.91. The summed E-state index contributed by atoms with van der Waals surface area (Å²) in [5.41, 5.74) is 1.16. The van der Waals surface area contributed by atoms with Crippen molar-refractivity contribution < 1.29 is 8.81 Å². The minimum Gasteiger partial charge on any atom is -0.424 e. The predicted molar refractivity (Wildman–Crippen MR) is 58.9 cm³/mol. The number of hydrogen-bond donors (Lipinski definition) is 2. The Kier molecular flexibility index (Phi) is 2.25. The zero-order chi connectivity index (χ0) is 11.0. The van der Waals surface area contributed by atoms with Gasteiger partial charge in [0.25, 0.3) is 6.01 Å². The van der Waals surface area contributed by atoms with Gasteiger partial charge in [0, 0.05) is 18.7 Å². The van der Waals surface area contributed by atoms with Gasteiger partial charge in [0.15, 0.2) is 5.58 Å². The van der Waals surface area contributed by atoms with E-state index in [9.17, 15) is 4.39 Å². The second-order valence-electron chi connectivity index (χ2n) is 3.97. The number of nitrogens with zero attached hydrogens (tertiary/aromatic N) is 1. The number of benzene rings is 1. The number of rotatable bonds is 2. The van der Waals surface area contributed by atoms with Crippen LogP contribution in [0, 0.1) is 5.82 Å². The van der Waals surface area contributed by atoms with Crippen molar-refractivity contribution in [3.05, 3.63) is 24.0 Å². The Morgan fingerprint density at radius 1 is 1.50 bits per heavy atom. The largest absolute Gasteiger partial charge is 0.424 e. The van der Waals surface area contributed by atoms with Crippen LogP contribution in [0.4, 0.5) is 10.4 Å². The van der Waals surface area contributed by atoms with Crippen LogP contribution in [0.2, 0.25) is 0 Å². The van der Waals surface area contributed by atoms with E-state index in [0.29, 0.717) is 23.2 Å². The number of fused-ring (bicyclic) bond motifs is 1. The molecule has 2 heterocycles. The first kappa shape index (κ1) is 9.59. The van der Waals surface area contributed by atoms with Crippen LogP contribution < -0.4 is 10.6 Å². The molecule has 0 spiro atoms. The topological polar surface area (TPSA) is 50.1 Å². The minimum atomic E-state index is -0.296. The first-order valence-corrected chi connectivity index (χ1v) is 5.34. The Morgan fingerprint density at radius 3 is 3.25 bits per heavy atom. The van der Waals surface area contributed by atoms with Crippen LogP contribution in [0.25, 0.3) is 11.1 Å². The second-order valence-corrected chi connectivity index (χ2v) is 3.97. The van der Waals surface area contributed by atoms with Crippen molar-refractivity contribution in [2.24, 2.45) is 0 Å². The van der Waals surface area contributed by atoms with E-state index in [1.165, 1.54) is 12.1 Å². The highest BCUT2D eigenvalue weighted by atomic mass is 19.1. The number of nitrogens with one attached hydrogen (secondary N) is 2. The van der Waals surface area contributed by atoms with Gasteiger partial charge in [-0.05, 0) is 25.1 Å². The highest BCUT2D eigenvalue weighted by molar-refractivity contribution is 5.74. The third kappa shape index (κ3) is 1.74. The molecule has 1 atom stereocenters. The first-order chi connectivity index (χ1) is 7.81. The van der Waals surface area contributed by atoms with Gasteiger partial charge in [-0.1, -0.05) is 0 Å². The Hall–Kier alpha value is -1.62. The quantitative estimate of drug-likeness (QED) is 0.811. The van der Waals surface area contributed by atoms with E-state index < -0.39 is 0 Å². The molecule has 0 bridgehead atoms. The number of oxazole rings is 1. The molecule has 1 aromatic heterocycles. The van der Waals surface area contributed by atoms with E-state index in [4.69, 9.17) is 4.42 Å². The summed E-state index contributed by atoms with van der Waals surface area (Å²) in [6.45, 7) is 1.92. The predicted octanol–water partition coefficient (Wildman–Crippen LogP) is 1.74. The number of hydrogen-bond acceptors (Lipinski definition) is 4. The number of aromatic nitrogens is 1. The van der Waals surface area contributed by atoms with Crippen molar-refractivity contribution in [1.29, 1.82) is 0 Å². The Bertz CT molecular complexity index is 505. The molecule has 1 saturated heterocycles. The molecule has 1 unspecified atom stereocenters. The molecule has 2 N–H and O–H groups in total. The lowest BCUT2D eigenvalue weighted by atomic mass is 10.3. The van der Waals surface area contributed by atoms with Crippen LogP contribution in [0.3, 0.4) is 0 Å². The molecule has 1 aromatic carbocycles. The standard InChI is InChI=1S/C11H12FN3O/c12-7-1-2-10-9(5-7)15-11(16-10)14-8-3-4-13-6-8/h1-2,5,8,13H,3-4,6H2,(H,14,15). The van der Waals surface area contributed by atoms with Crippen molar-refractivity contribution in [2.75, 3.05) is 18.4 Å². The van der Waals surface area contributed by atoms with Gasteiger partial charge in [-0.3, -0.25) is 0 Å². The summed E-state index contributed by atoms with van der Waals surface area (Å²) in [5, 5.41) is 6.43. The maximum atomic E-state index is 12.9. The number of halogens is 1. The van der Waals surface area contributed by atoms with E-state index >= 15 is 0 Å². The molecule has 0 radical (unpaired) electrons. The molecule has 5 heteroatoms. The smallest absolute Gasteiger partial charge is 0.295 e. The highest BCUT2D eigenvalue weighted by Gasteiger charge is 2.16. The molecule has 84 valence electrons. The SMILES string of the molecule is Fc1ccc2oc(NC3CCNC3)nc2c1. The normalized spacial score (nSPS) is 20.4. The lowest BCUT2D eigenvalue weighted by Crippen LogP contribution is -2.22. The summed E-state index contributed by atoms with van der Waals surface area (Å²) in [4.78, 5) is 4.19. The summed E-state index contributed by atoms with van der Waals surface area (Å²) in [6, 6.07) is 5.15. The molecule has 0 saturated carbocycles. The van der Waals surface area contributed by atoms with E-state index in [1.54, 1.807) is 6.07 Å². The maximum Gasteiger partial charge on any atom is 0.295 e. The average molecular weight is 221 g/mol. The van der Waals surface area contributed by atoms with Crippen molar-refractivity contribution >= 4 is 17.1 Å². The van der Waals surface area contributed by atoms with Crippen LogP contribution in [0.15, 0.2) is 22.6 Å². The summed E-state index contributed by atoms with van der Waals surface area (Å²) < 4.78 is 18.4. The minimum absolute atomic E-state index is 0.296.